The van der Waals surface area contributed by atoms with Crippen LogP contribution in [-0.2, 0) is 4.79 Å². The van der Waals surface area contributed by atoms with Gasteiger partial charge in [-0.15, -0.1) is 12.4 Å². The normalized spacial score (nSPS) is 19.3. The van der Waals surface area contributed by atoms with E-state index in [1.165, 1.54) is 0 Å². The average molecular weight is 339 g/mol. The third kappa shape index (κ3) is 5.50. The Hall–Kier alpha value is -1.06. The van der Waals surface area contributed by atoms with Gasteiger partial charge in [0.25, 0.3) is 0 Å². The number of rotatable bonds is 6. The summed E-state index contributed by atoms with van der Waals surface area (Å²) in [4.78, 5) is 12.8. The summed E-state index contributed by atoms with van der Waals surface area (Å²) in [7, 11) is 0. The molecule has 4 heteroatoms. The second-order valence-electron chi connectivity index (χ2n) is 7.05. The van der Waals surface area contributed by atoms with Gasteiger partial charge in [0.05, 0.1) is 5.92 Å². The fourth-order valence-corrected chi connectivity index (χ4v) is 3.25. The summed E-state index contributed by atoms with van der Waals surface area (Å²) < 4.78 is 0. The highest BCUT2D eigenvalue weighted by Crippen LogP contribution is 2.29. The molecule has 2 unspecified atom stereocenters. The van der Waals surface area contributed by atoms with Crippen molar-refractivity contribution in [2.75, 3.05) is 19.6 Å². The maximum absolute atomic E-state index is 12.8. The van der Waals surface area contributed by atoms with Gasteiger partial charge >= 0.3 is 0 Å². The first kappa shape index (κ1) is 20.0. The minimum atomic E-state index is -0.0449. The zero-order chi connectivity index (χ0) is 16.0. The van der Waals surface area contributed by atoms with Crippen LogP contribution >= 0.6 is 12.4 Å². The minimum Gasteiger partial charge on any atom is -0.355 e. The van der Waals surface area contributed by atoms with E-state index >= 15 is 0 Å². The molecule has 1 aromatic carbocycles. The predicted molar refractivity (Wildman–Crippen MR) is 99.1 cm³/mol. The van der Waals surface area contributed by atoms with Crippen LogP contribution in [0.4, 0.5) is 0 Å². The van der Waals surface area contributed by atoms with Crippen LogP contribution in [-0.4, -0.2) is 25.5 Å². The molecule has 0 spiro atoms. The monoisotopic (exact) mass is 338 g/mol. The maximum Gasteiger partial charge on any atom is 0.227 e. The van der Waals surface area contributed by atoms with Gasteiger partial charge in [0.2, 0.25) is 5.91 Å². The topological polar surface area (TPSA) is 41.1 Å². The molecule has 1 aromatic rings. The number of halogens is 1. The van der Waals surface area contributed by atoms with Crippen molar-refractivity contribution in [1.82, 2.24) is 10.6 Å². The van der Waals surface area contributed by atoms with Gasteiger partial charge in [-0.05, 0) is 42.8 Å². The zero-order valence-electron chi connectivity index (χ0n) is 14.6. The van der Waals surface area contributed by atoms with Gasteiger partial charge in [-0.1, -0.05) is 57.5 Å². The molecule has 1 fully saturated rings. The molecule has 1 saturated heterocycles. The lowest BCUT2D eigenvalue weighted by Crippen LogP contribution is -2.44. The number of benzene rings is 1. The van der Waals surface area contributed by atoms with E-state index in [4.69, 9.17) is 0 Å². The predicted octanol–water partition coefficient (Wildman–Crippen LogP) is 3.74. The van der Waals surface area contributed by atoms with E-state index in [0.717, 1.165) is 44.5 Å². The maximum atomic E-state index is 12.8. The van der Waals surface area contributed by atoms with Crippen molar-refractivity contribution in [2.45, 2.75) is 46.0 Å². The van der Waals surface area contributed by atoms with E-state index in [0.29, 0.717) is 5.92 Å². The number of hydrogen-bond donors (Lipinski definition) is 2. The third-order valence-corrected chi connectivity index (χ3v) is 5.15. The Morgan fingerprint density at radius 2 is 1.87 bits per heavy atom. The Morgan fingerprint density at radius 1 is 1.26 bits per heavy atom. The van der Waals surface area contributed by atoms with Gasteiger partial charge in [0, 0.05) is 6.54 Å². The van der Waals surface area contributed by atoms with Crippen molar-refractivity contribution in [3.63, 3.8) is 0 Å². The SMILES string of the molecule is CCC(C)C(C(=O)NCC1(C)CCNCC1)c1ccccc1.Cl. The fourth-order valence-electron chi connectivity index (χ4n) is 3.25. The first-order valence-electron chi connectivity index (χ1n) is 8.59. The highest BCUT2D eigenvalue weighted by Gasteiger charge is 2.30. The summed E-state index contributed by atoms with van der Waals surface area (Å²) in [6.07, 6.45) is 3.27. The lowest BCUT2D eigenvalue weighted by Gasteiger charge is -2.35. The molecule has 0 saturated carbocycles. The number of carbonyl (C=O) groups excluding carboxylic acids is 1. The van der Waals surface area contributed by atoms with Gasteiger partial charge in [0.1, 0.15) is 0 Å². The summed E-state index contributed by atoms with van der Waals surface area (Å²) in [6, 6.07) is 10.2. The summed E-state index contributed by atoms with van der Waals surface area (Å²) in [5.41, 5.74) is 1.36. The highest BCUT2D eigenvalue weighted by atomic mass is 35.5. The number of carbonyl (C=O) groups is 1. The molecular weight excluding hydrogens is 308 g/mol. The molecule has 2 N–H and O–H groups in total. The molecular formula is C19H31ClN2O. The Bertz CT molecular complexity index is 472. The molecule has 2 atom stereocenters. The van der Waals surface area contributed by atoms with Crippen LogP contribution in [0, 0.1) is 11.3 Å². The Morgan fingerprint density at radius 3 is 2.43 bits per heavy atom. The molecule has 0 bridgehead atoms. The number of piperidine rings is 1. The molecule has 0 radical (unpaired) electrons. The van der Waals surface area contributed by atoms with E-state index < -0.39 is 0 Å². The van der Waals surface area contributed by atoms with E-state index in [1.54, 1.807) is 0 Å². The molecule has 23 heavy (non-hydrogen) atoms. The smallest absolute Gasteiger partial charge is 0.227 e. The van der Waals surface area contributed by atoms with E-state index in [-0.39, 0.29) is 29.6 Å². The number of hydrogen-bond acceptors (Lipinski definition) is 2. The molecule has 130 valence electrons. The second-order valence-corrected chi connectivity index (χ2v) is 7.05. The Kier molecular flexibility index (Phi) is 8.07. The van der Waals surface area contributed by atoms with Crippen LogP contribution in [0.15, 0.2) is 30.3 Å². The first-order valence-corrected chi connectivity index (χ1v) is 8.59. The molecule has 1 aliphatic rings. The molecule has 1 aliphatic heterocycles. The lowest BCUT2D eigenvalue weighted by molar-refractivity contribution is -0.124. The number of amides is 1. The summed E-state index contributed by atoms with van der Waals surface area (Å²) >= 11 is 0. The van der Waals surface area contributed by atoms with Crippen LogP contribution in [0.25, 0.3) is 0 Å². The van der Waals surface area contributed by atoms with E-state index in [1.807, 2.05) is 18.2 Å². The average Bonchev–Trinajstić information content (AvgIpc) is 2.55. The van der Waals surface area contributed by atoms with Crippen molar-refractivity contribution in [3.05, 3.63) is 35.9 Å². The second kappa shape index (κ2) is 9.29. The lowest BCUT2D eigenvalue weighted by atomic mass is 9.80. The van der Waals surface area contributed by atoms with Crippen LogP contribution in [0.3, 0.4) is 0 Å². The van der Waals surface area contributed by atoms with Crippen LogP contribution in [0.5, 0.6) is 0 Å². The Balaban J connectivity index is 0.00000264. The third-order valence-electron chi connectivity index (χ3n) is 5.15. The first-order chi connectivity index (χ1) is 10.6. The standard InChI is InChI=1S/C19H30N2O.ClH/c1-4-15(2)17(16-8-6-5-7-9-16)18(22)21-14-19(3)10-12-20-13-11-19;/h5-9,15,17,20H,4,10-14H2,1-3H3,(H,21,22);1H. The summed E-state index contributed by atoms with van der Waals surface area (Å²) in [6.45, 7) is 9.51. The van der Waals surface area contributed by atoms with Gasteiger partial charge in [-0.2, -0.15) is 0 Å². The van der Waals surface area contributed by atoms with Gasteiger partial charge in [0.15, 0.2) is 0 Å². The molecule has 1 amide bonds. The van der Waals surface area contributed by atoms with Crippen molar-refractivity contribution in [2.24, 2.45) is 11.3 Å². The minimum absolute atomic E-state index is 0. The molecule has 0 aliphatic carbocycles. The highest BCUT2D eigenvalue weighted by molar-refractivity contribution is 5.85. The largest absolute Gasteiger partial charge is 0.355 e. The fraction of sp³-hybridized carbons (Fsp3) is 0.632. The van der Waals surface area contributed by atoms with Gasteiger partial charge < -0.3 is 10.6 Å². The summed E-state index contributed by atoms with van der Waals surface area (Å²) in [5.74, 6) is 0.486. The summed E-state index contributed by atoms with van der Waals surface area (Å²) in [5, 5.41) is 6.63. The van der Waals surface area contributed by atoms with Crippen molar-refractivity contribution in [1.29, 1.82) is 0 Å². The zero-order valence-corrected chi connectivity index (χ0v) is 15.4. The van der Waals surface area contributed by atoms with Crippen molar-refractivity contribution >= 4 is 18.3 Å². The molecule has 0 aromatic heterocycles. The van der Waals surface area contributed by atoms with Crippen molar-refractivity contribution < 1.29 is 4.79 Å². The van der Waals surface area contributed by atoms with Crippen LogP contribution in [0.2, 0.25) is 0 Å². The van der Waals surface area contributed by atoms with Gasteiger partial charge in [-0.25, -0.2) is 0 Å². The van der Waals surface area contributed by atoms with Crippen LogP contribution in [0.1, 0.15) is 51.5 Å². The molecule has 2 rings (SSSR count). The number of nitrogens with one attached hydrogen (secondary N) is 2. The molecule has 1 heterocycles. The van der Waals surface area contributed by atoms with Crippen molar-refractivity contribution in [3.8, 4) is 0 Å². The van der Waals surface area contributed by atoms with E-state index in [2.05, 4.69) is 43.5 Å². The Labute approximate surface area is 147 Å². The van der Waals surface area contributed by atoms with Crippen LogP contribution < -0.4 is 10.6 Å². The molecule has 3 nitrogen and oxygen atoms in total. The van der Waals surface area contributed by atoms with Gasteiger partial charge in [-0.3, -0.25) is 4.79 Å². The van der Waals surface area contributed by atoms with E-state index in [9.17, 15) is 4.79 Å². The quantitative estimate of drug-likeness (QED) is 0.829.